The van der Waals surface area contributed by atoms with Crippen LogP contribution in [0.3, 0.4) is 0 Å². The molecule has 2 unspecified atom stereocenters. The van der Waals surface area contributed by atoms with Crippen LogP contribution in [0.15, 0.2) is 29.2 Å². The molecule has 0 radical (unpaired) electrons. The molecule has 4 aliphatic carbocycles. The zero-order valence-corrected chi connectivity index (χ0v) is 30.0. The zero-order chi connectivity index (χ0) is 34.8. The minimum absolute atomic E-state index is 0.0226. The van der Waals surface area contributed by atoms with Gasteiger partial charge in [0.15, 0.2) is 10.9 Å². The third-order valence-corrected chi connectivity index (χ3v) is 14.5. The molecule has 0 bridgehead atoms. The third-order valence-electron chi connectivity index (χ3n) is 13.4. The second kappa shape index (κ2) is 15.1. The summed E-state index contributed by atoms with van der Waals surface area (Å²) in [6.45, 7) is 3.70. The lowest BCUT2D eigenvalue weighted by atomic mass is 9.43. The lowest BCUT2D eigenvalue weighted by Gasteiger charge is -2.62. The number of thioether (sulfide) groups is 1. The van der Waals surface area contributed by atoms with Gasteiger partial charge in [-0.15, -0.1) is 0 Å². The Morgan fingerprint density at radius 3 is 2.10 bits per heavy atom. The van der Waals surface area contributed by atoms with Crippen LogP contribution in [0.25, 0.3) is 0 Å². The Kier molecular flexibility index (Phi) is 11.9. The lowest BCUT2D eigenvalue weighted by molar-refractivity contribution is -0.364. The smallest absolute Gasteiger partial charge is 0.383 e. The molecular weight excluding hydrogens is 643 g/mol. The topological polar surface area (TPSA) is 55.1 Å². The van der Waals surface area contributed by atoms with E-state index in [0.717, 1.165) is 42.2 Å². The zero-order valence-electron chi connectivity index (χ0n) is 29.2. The second-order valence-corrected chi connectivity index (χ2v) is 17.1. The number of ketones is 1. The van der Waals surface area contributed by atoms with E-state index in [2.05, 4.69) is 16.5 Å². The van der Waals surface area contributed by atoms with Gasteiger partial charge in [-0.05, 0) is 86.5 Å². The van der Waals surface area contributed by atoms with Crippen molar-refractivity contribution in [3.05, 3.63) is 24.0 Å². The van der Waals surface area contributed by atoms with Gasteiger partial charge in [0.2, 0.25) is 0 Å². The summed E-state index contributed by atoms with van der Waals surface area (Å²) in [5, 5.41) is 12.4. The van der Waals surface area contributed by atoms with Crippen molar-refractivity contribution in [2.45, 2.75) is 159 Å². The molecule has 272 valence electrons. The van der Waals surface area contributed by atoms with Crippen LogP contribution in [-0.2, 0) is 11.8 Å². The van der Waals surface area contributed by atoms with Crippen LogP contribution < -0.4 is 0 Å². The highest BCUT2D eigenvalue weighted by atomic mass is 32.2. The van der Waals surface area contributed by atoms with Crippen molar-refractivity contribution < 1.29 is 31.9 Å². The molecule has 3 fully saturated rings. The number of aromatic nitrogens is 2. The Labute approximate surface area is 288 Å². The van der Waals surface area contributed by atoms with E-state index in [1.54, 1.807) is 0 Å². The van der Waals surface area contributed by atoms with E-state index in [1.165, 1.54) is 58.3 Å². The summed E-state index contributed by atoms with van der Waals surface area (Å²) in [4.78, 5) is 16.8. The van der Waals surface area contributed by atoms with Crippen LogP contribution in [0.4, 0.5) is 22.0 Å². The van der Waals surface area contributed by atoms with Gasteiger partial charge in [0, 0.05) is 37.0 Å². The number of carbonyl (C=O) groups excluding carboxylic acids is 1. The summed E-state index contributed by atoms with van der Waals surface area (Å²) < 4.78 is 73.3. The number of imidazole rings is 1. The van der Waals surface area contributed by atoms with Crippen molar-refractivity contribution in [3.63, 3.8) is 0 Å². The van der Waals surface area contributed by atoms with Gasteiger partial charge in [-0.1, -0.05) is 95.4 Å². The molecule has 0 aromatic carbocycles. The van der Waals surface area contributed by atoms with E-state index in [-0.39, 0.29) is 41.8 Å². The number of halogens is 5. The van der Waals surface area contributed by atoms with Crippen molar-refractivity contribution >= 4 is 17.5 Å². The van der Waals surface area contributed by atoms with E-state index in [1.807, 2.05) is 37.3 Å². The van der Waals surface area contributed by atoms with E-state index in [4.69, 9.17) is 0 Å². The van der Waals surface area contributed by atoms with Gasteiger partial charge in [0.25, 0.3) is 0 Å². The van der Waals surface area contributed by atoms with Crippen LogP contribution >= 0.6 is 11.8 Å². The molecule has 0 spiro atoms. The first-order valence-corrected chi connectivity index (χ1v) is 19.7. The fraction of sp³-hybridized carbons (Fsp3) is 0.842. The number of unbranched alkanes of at least 4 members (excludes halogenated alkanes) is 10. The number of hydrogen-bond donors (Lipinski definition) is 1. The number of allylic oxidation sites excluding steroid dienone is 1. The minimum atomic E-state index is -5.80. The summed E-state index contributed by atoms with van der Waals surface area (Å²) in [6.07, 6.45) is 16.1. The standard InChI is InChI=1S/C38H57F5N2O2S/c1-34-19-16-29(46)26-28(34)25-27(15-13-11-9-7-5-4-6-8-10-12-14-24-48-33-44-22-23-45(33)3)32-30(34)17-20-35(2)31(32)18-21-36(35,47)37(39,40)38(41,42)43/h22-23,26-27,30-32,47H,4-21,24-25H2,1-3H3/t27?,30-,31+,32-,34+,35+,36?/m1/s1. The fourth-order valence-corrected chi connectivity index (χ4v) is 11.5. The monoisotopic (exact) mass is 700 g/mol. The molecule has 10 heteroatoms. The molecule has 3 saturated carbocycles. The molecule has 7 atom stereocenters. The molecule has 5 rings (SSSR count). The number of fused-ring (bicyclic) bond motifs is 5. The van der Waals surface area contributed by atoms with Gasteiger partial charge in [-0.3, -0.25) is 4.79 Å². The number of hydrogen-bond acceptors (Lipinski definition) is 4. The summed E-state index contributed by atoms with van der Waals surface area (Å²) in [6, 6.07) is 0. The molecular formula is C38H57F5N2O2S. The van der Waals surface area contributed by atoms with Crippen LogP contribution in [-0.4, -0.2) is 43.9 Å². The minimum Gasteiger partial charge on any atom is -0.383 e. The summed E-state index contributed by atoms with van der Waals surface area (Å²) in [7, 11) is 2.02. The number of alkyl halides is 5. The van der Waals surface area contributed by atoms with Gasteiger partial charge in [-0.2, -0.15) is 22.0 Å². The van der Waals surface area contributed by atoms with E-state index in [9.17, 15) is 23.1 Å². The predicted octanol–water partition coefficient (Wildman–Crippen LogP) is 10.9. The van der Waals surface area contributed by atoms with Crippen LogP contribution in [0.1, 0.15) is 136 Å². The highest BCUT2D eigenvalue weighted by molar-refractivity contribution is 7.99. The van der Waals surface area contributed by atoms with Crippen molar-refractivity contribution in [1.29, 1.82) is 0 Å². The molecule has 0 amide bonds. The van der Waals surface area contributed by atoms with Gasteiger partial charge in [0.05, 0.1) is 0 Å². The Bertz CT molecular complexity index is 1280. The molecule has 4 nitrogen and oxygen atoms in total. The molecule has 48 heavy (non-hydrogen) atoms. The largest absolute Gasteiger partial charge is 0.456 e. The molecule has 1 aromatic heterocycles. The van der Waals surface area contributed by atoms with Crippen LogP contribution in [0, 0.1) is 34.5 Å². The average Bonchev–Trinajstić information content (AvgIpc) is 3.57. The Morgan fingerprint density at radius 1 is 0.896 bits per heavy atom. The van der Waals surface area contributed by atoms with E-state index < -0.39 is 35.5 Å². The van der Waals surface area contributed by atoms with Crippen LogP contribution in [0.5, 0.6) is 0 Å². The quantitative estimate of drug-likeness (QED) is 0.106. The second-order valence-electron chi connectivity index (χ2n) is 16.1. The summed E-state index contributed by atoms with van der Waals surface area (Å²) >= 11 is 1.82. The maximum atomic E-state index is 15.1. The average molecular weight is 701 g/mol. The van der Waals surface area contributed by atoms with Gasteiger partial charge >= 0.3 is 12.1 Å². The van der Waals surface area contributed by atoms with Crippen molar-refractivity contribution in [1.82, 2.24) is 9.55 Å². The number of aryl methyl sites for hydroxylation is 1. The molecule has 1 N–H and O–H groups in total. The molecule has 0 saturated heterocycles. The first-order chi connectivity index (χ1) is 22.7. The third kappa shape index (κ3) is 7.18. The summed E-state index contributed by atoms with van der Waals surface area (Å²) in [5.41, 5.74) is -3.68. The fourth-order valence-electron chi connectivity index (χ4n) is 10.5. The maximum Gasteiger partial charge on any atom is 0.456 e. The Morgan fingerprint density at radius 2 is 1.50 bits per heavy atom. The van der Waals surface area contributed by atoms with Crippen molar-refractivity contribution in [3.8, 4) is 0 Å². The normalized spacial score (nSPS) is 33.7. The van der Waals surface area contributed by atoms with Gasteiger partial charge in [-0.25, -0.2) is 4.98 Å². The lowest BCUT2D eigenvalue weighted by Crippen LogP contribution is -2.66. The Balaban J connectivity index is 1.09. The highest BCUT2D eigenvalue weighted by Gasteiger charge is 2.79. The number of aliphatic hydroxyl groups is 1. The van der Waals surface area contributed by atoms with Gasteiger partial charge < -0.3 is 9.67 Å². The number of nitrogens with zero attached hydrogens (tertiary/aromatic N) is 2. The van der Waals surface area contributed by atoms with Gasteiger partial charge in [0.1, 0.15) is 5.60 Å². The maximum absolute atomic E-state index is 15.1. The molecule has 0 aliphatic heterocycles. The predicted molar refractivity (Wildman–Crippen MR) is 181 cm³/mol. The summed E-state index contributed by atoms with van der Waals surface area (Å²) in [5.74, 6) is -4.06. The molecule has 4 aliphatic rings. The van der Waals surface area contributed by atoms with Crippen molar-refractivity contribution in [2.75, 3.05) is 5.75 Å². The number of carbonyl (C=O) groups is 1. The SMILES string of the molecule is Cn1ccnc1SCCCCCCCCCCCCCC1CC2=CC(=O)CC[C@]2(C)[C@@H]2CC[C@@]3(C)[C@@H](CCC3(O)C(F)(F)C(F)(F)F)[C@H]12. The Hall–Kier alpha value is -1.42. The highest BCUT2D eigenvalue weighted by Crippen LogP contribution is 2.72. The molecule has 1 heterocycles. The first kappa shape index (κ1) is 37.8. The van der Waals surface area contributed by atoms with Crippen LogP contribution in [0.2, 0.25) is 0 Å². The van der Waals surface area contributed by atoms with E-state index >= 15 is 8.78 Å². The molecule has 1 aromatic rings. The van der Waals surface area contributed by atoms with E-state index in [0.29, 0.717) is 25.7 Å². The number of rotatable bonds is 16. The van der Waals surface area contributed by atoms with Crippen molar-refractivity contribution in [2.24, 2.45) is 41.5 Å². The first-order valence-electron chi connectivity index (χ1n) is 18.7.